The summed E-state index contributed by atoms with van der Waals surface area (Å²) in [5, 5.41) is 2.73. The number of piperidine rings is 1. The summed E-state index contributed by atoms with van der Waals surface area (Å²) in [7, 11) is 0. The first-order valence-corrected chi connectivity index (χ1v) is 9.15. The maximum atomic E-state index is 13.1. The molecule has 1 amide bonds. The Morgan fingerprint density at radius 2 is 2.08 bits per heavy atom. The van der Waals surface area contributed by atoms with Crippen LogP contribution in [0.4, 0.5) is 0 Å². The molecule has 0 aliphatic carbocycles. The van der Waals surface area contributed by atoms with Gasteiger partial charge in [-0.1, -0.05) is 0 Å². The lowest BCUT2D eigenvalue weighted by Gasteiger charge is -2.38. The molecule has 26 heavy (non-hydrogen) atoms. The molecule has 8 heteroatoms. The third kappa shape index (κ3) is 3.03. The van der Waals surface area contributed by atoms with E-state index in [1.54, 1.807) is 4.52 Å². The quantitative estimate of drug-likeness (QED) is 0.880. The number of fused-ring (bicyclic) bond motifs is 1. The van der Waals surface area contributed by atoms with Crippen molar-refractivity contribution >= 4 is 11.6 Å². The average molecular weight is 360 g/mol. The molecule has 0 aromatic carbocycles. The molecule has 0 saturated carbocycles. The molecule has 0 radical (unpaired) electrons. The van der Waals surface area contributed by atoms with Crippen LogP contribution < -0.4 is 5.56 Å². The number of carbonyl (C=O) groups excluding carboxylic acids is 1. The highest BCUT2D eigenvalue weighted by Crippen LogP contribution is 2.26. The molecule has 4 heterocycles. The van der Waals surface area contributed by atoms with Gasteiger partial charge in [0.15, 0.2) is 11.9 Å². The molecule has 1 atom stereocenters. The number of aromatic nitrogens is 3. The molecule has 2 aromatic rings. The Kier molecular flexibility index (Phi) is 4.54. The third-order valence-corrected chi connectivity index (χ3v) is 5.36. The fraction of sp³-hybridized carbons (Fsp3) is 0.611. The Bertz CT molecular complexity index is 881. The molecular weight excluding hydrogens is 336 g/mol. The third-order valence-electron chi connectivity index (χ3n) is 5.36. The number of hydrogen-bond donors (Lipinski definition) is 1. The number of nitrogens with one attached hydrogen (secondary N) is 1. The van der Waals surface area contributed by atoms with Crippen molar-refractivity contribution in [1.82, 2.24) is 19.5 Å². The number of likely N-dealkylation sites (tertiary alicyclic amines) is 1. The van der Waals surface area contributed by atoms with Crippen LogP contribution >= 0.6 is 0 Å². The van der Waals surface area contributed by atoms with Gasteiger partial charge in [-0.05, 0) is 33.1 Å². The van der Waals surface area contributed by atoms with Crippen molar-refractivity contribution in [2.45, 2.75) is 51.9 Å². The predicted octanol–water partition coefficient (Wildman–Crippen LogP) is 0.936. The van der Waals surface area contributed by atoms with Crippen LogP contribution in [0.3, 0.4) is 0 Å². The van der Waals surface area contributed by atoms with Crippen LogP contribution in [0.1, 0.15) is 36.2 Å². The van der Waals surface area contributed by atoms with Crippen molar-refractivity contribution in [3.05, 3.63) is 33.4 Å². The highest BCUT2D eigenvalue weighted by Gasteiger charge is 2.36. The van der Waals surface area contributed by atoms with Crippen molar-refractivity contribution in [3.63, 3.8) is 0 Å². The van der Waals surface area contributed by atoms with E-state index in [1.165, 1.54) is 6.07 Å². The Labute approximate surface area is 151 Å². The Hall–Kier alpha value is -2.19. The van der Waals surface area contributed by atoms with E-state index in [0.717, 1.165) is 42.8 Å². The van der Waals surface area contributed by atoms with Crippen molar-refractivity contribution in [3.8, 4) is 0 Å². The normalized spacial score (nSPS) is 21.6. The minimum Gasteiger partial charge on any atom is -0.348 e. The van der Waals surface area contributed by atoms with Gasteiger partial charge in [0.25, 0.3) is 5.56 Å². The standard InChI is InChI=1S/C18H24N4O4/c1-11-13(12(2)22-15(19-11)10-16(23)20-22)9-17(24)21-6-4-3-5-14(21)18-25-7-8-26-18/h10,14,18H,3-9H2,1-2H3,(H,20,23). The summed E-state index contributed by atoms with van der Waals surface area (Å²) in [4.78, 5) is 31.1. The van der Waals surface area contributed by atoms with Gasteiger partial charge in [0, 0.05) is 29.6 Å². The number of aryl methyl sites for hydroxylation is 2. The molecule has 2 aliphatic heterocycles. The van der Waals surface area contributed by atoms with Gasteiger partial charge in [-0.25, -0.2) is 9.50 Å². The summed E-state index contributed by atoms with van der Waals surface area (Å²) < 4.78 is 13.0. The maximum absolute atomic E-state index is 13.1. The van der Waals surface area contributed by atoms with Crippen LogP contribution in [0.5, 0.6) is 0 Å². The molecule has 2 fully saturated rings. The van der Waals surface area contributed by atoms with Crippen LogP contribution in [0.25, 0.3) is 5.65 Å². The van der Waals surface area contributed by atoms with Crippen molar-refractivity contribution in [1.29, 1.82) is 0 Å². The van der Waals surface area contributed by atoms with Crippen molar-refractivity contribution < 1.29 is 14.3 Å². The summed E-state index contributed by atoms with van der Waals surface area (Å²) in [6, 6.07) is 1.43. The van der Waals surface area contributed by atoms with E-state index < -0.39 is 0 Å². The number of ether oxygens (including phenoxy) is 2. The summed E-state index contributed by atoms with van der Waals surface area (Å²) in [6.45, 7) is 5.67. The summed E-state index contributed by atoms with van der Waals surface area (Å²) in [5.74, 6) is 0.0515. The van der Waals surface area contributed by atoms with Gasteiger partial charge < -0.3 is 14.4 Å². The molecule has 0 spiro atoms. The van der Waals surface area contributed by atoms with E-state index >= 15 is 0 Å². The lowest BCUT2D eigenvalue weighted by atomic mass is 9.99. The minimum absolute atomic E-state index is 0.0255. The molecule has 8 nitrogen and oxygen atoms in total. The molecule has 0 bridgehead atoms. The molecular formula is C18H24N4O4. The topological polar surface area (TPSA) is 88.9 Å². The first kappa shape index (κ1) is 17.2. The number of hydrogen-bond acceptors (Lipinski definition) is 5. The number of nitrogens with zero attached hydrogens (tertiary/aromatic N) is 3. The Morgan fingerprint density at radius 3 is 2.85 bits per heavy atom. The van der Waals surface area contributed by atoms with Gasteiger partial charge >= 0.3 is 0 Å². The molecule has 140 valence electrons. The summed E-state index contributed by atoms with van der Waals surface area (Å²) in [6.07, 6.45) is 2.91. The number of aromatic amines is 1. The zero-order valence-corrected chi connectivity index (χ0v) is 15.2. The highest BCUT2D eigenvalue weighted by molar-refractivity contribution is 5.80. The number of H-pyrrole nitrogens is 1. The number of amides is 1. The van der Waals surface area contributed by atoms with Crippen LogP contribution in [-0.4, -0.2) is 57.5 Å². The van der Waals surface area contributed by atoms with E-state index in [4.69, 9.17) is 9.47 Å². The second kappa shape index (κ2) is 6.85. The lowest BCUT2D eigenvalue weighted by Crippen LogP contribution is -2.50. The van der Waals surface area contributed by atoms with Crippen LogP contribution in [0.2, 0.25) is 0 Å². The largest absolute Gasteiger partial charge is 0.348 e. The number of rotatable bonds is 3. The molecule has 2 saturated heterocycles. The Morgan fingerprint density at radius 1 is 1.31 bits per heavy atom. The first-order valence-electron chi connectivity index (χ1n) is 9.15. The second-order valence-corrected chi connectivity index (χ2v) is 7.01. The van der Waals surface area contributed by atoms with E-state index in [9.17, 15) is 9.59 Å². The van der Waals surface area contributed by atoms with E-state index in [2.05, 4.69) is 10.1 Å². The highest BCUT2D eigenvalue weighted by atomic mass is 16.7. The SMILES string of the molecule is Cc1nc2cc(=O)[nH]n2c(C)c1CC(=O)N1CCCCC1C1OCCO1. The Balaban J connectivity index is 1.60. The summed E-state index contributed by atoms with van der Waals surface area (Å²) in [5.41, 5.74) is 2.84. The van der Waals surface area contributed by atoms with Gasteiger partial charge in [0.05, 0.1) is 25.7 Å². The van der Waals surface area contributed by atoms with Gasteiger partial charge in [-0.2, -0.15) is 0 Å². The molecule has 4 rings (SSSR count). The molecule has 2 aromatic heterocycles. The van der Waals surface area contributed by atoms with E-state index in [-0.39, 0.29) is 30.2 Å². The zero-order valence-electron chi connectivity index (χ0n) is 15.2. The smallest absolute Gasteiger partial charge is 0.266 e. The van der Waals surface area contributed by atoms with Crippen LogP contribution in [-0.2, 0) is 20.7 Å². The van der Waals surface area contributed by atoms with Crippen molar-refractivity contribution in [2.75, 3.05) is 19.8 Å². The average Bonchev–Trinajstić information content (AvgIpc) is 3.28. The first-order chi connectivity index (χ1) is 12.5. The van der Waals surface area contributed by atoms with Gasteiger partial charge in [0.1, 0.15) is 0 Å². The second-order valence-electron chi connectivity index (χ2n) is 7.01. The maximum Gasteiger partial charge on any atom is 0.266 e. The molecule has 1 N–H and O–H groups in total. The van der Waals surface area contributed by atoms with Crippen LogP contribution in [0.15, 0.2) is 10.9 Å². The fourth-order valence-electron chi connectivity index (χ4n) is 4.01. The number of carbonyl (C=O) groups is 1. The predicted molar refractivity (Wildman–Crippen MR) is 94.0 cm³/mol. The zero-order chi connectivity index (χ0) is 18.3. The van der Waals surface area contributed by atoms with E-state index in [0.29, 0.717) is 18.9 Å². The van der Waals surface area contributed by atoms with Gasteiger partial charge in [0.2, 0.25) is 5.91 Å². The minimum atomic E-state index is -0.317. The van der Waals surface area contributed by atoms with E-state index in [1.807, 2.05) is 18.7 Å². The van der Waals surface area contributed by atoms with Crippen LogP contribution in [0, 0.1) is 13.8 Å². The lowest BCUT2D eigenvalue weighted by molar-refractivity contribution is -0.150. The summed E-state index contributed by atoms with van der Waals surface area (Å²) >= 11 is 0. The van der Waals surface area contributed by atoms with Gasteiger partial charge in [-0.15, -0.1) is 0 Å². The molecule has 1 unspecified atom stereocenters. The van der Waals surface area contributed by atoms with Gasteiger partial charge in [-0.3, -0.25) is 14.7 Å². The fourth-order valence-corrected chi connectivity index (χ4v) is 4.01. The van der Waals surface area contributed by atoms with Crippen molar-refractivity contribution in [2.24, 2.45) is 0 Å². The molecule has 2 aliphatic rings. The monoisotopic (exact) mass is 360 g/mol.